The molecule has 0 aliphatic carbocycles. The molecule has 1 heterocycles. The minimum atomic E-state index is -4.58. The second-order valence-corrected chi connectivity index (χ2v) is 2.81. The Hall–Kier alpha value is -1.11. The van der Waals surface area contributed by atoms with E-state index in [1.165, 1.54) is 0 Å². The van der Waals surface area contributed by atoms with Crippen molar-refractivity contribution in [3.63, 3.8) is 0 Å². The van der Waals surface area contributed by atoms with E-state index in [0.717, 1.165) is 6.92 Å². The van der Waals surface area contributed by atoms with Crippen molar-refractivity contribution in [1.29, 1.82) is 0 Å². The third-order valence-electron chi connectivity index (χ3n) is 1.46. The lowest BCUT2D eigenvalue weighted by Crippen LogP contribution is -2.20. The summed E-state index contributed by atoms with van der Waals surface area (Å²) in [5, 5.41) is 0. The first-order valence-corrected chi connectivity index (χ1v) is 3.63. The number of rotatable bonds is 0. The molecule has 0 bridgehead atoms. The molecule has 3 nitrogen and oxygen atoms in total. The first-order valence-electron chi connectivity index (χ1n) is 3.23. The van der Waals surface area contributed by atoms with Gasteiger partial charge < -0.3 is 4.98 Å². The fourth-order valence-electron chi connectivity index (χ4n) is 0.832. The van der Waals surface area contributed by atoms with Gasteiger partial charge in [0.15, 0.2) is 4.77 Å². The van der Waals surface area contributed by atoms with Crippen molar-refractivity contribution < 1.29 is 13.2 Å². The fourth-order valence-corrected chi connectivity index (χ4v) is 1.03. The Labute approximate surface area is 75.6 Å². The molecule has 0 fully saturated rings. The maximum Gasteiger partial charge on any atom is 0.431 e. The van der Waals surface area contributed by atoms with Crippen LogP contribution in [0.1, 0.15) is 11.3 Å². The Morgan fingerprint density at radius 1 is 1.31 bits per heavy atom. The summed E-state index contributed by atoms with van der Waals surface area (Å²) in [5.41, 5.74) is -2.33. The molecule has 0 radical (unpaired) electrons. The zero-order chi connectivity index (χ0) is 10.2. The molecule has 0 saturated carbocycles. The molecule has 0 amide bonds. The average Bonchev–Trinajstić information content (AvgIpc) is 1.94. The number of H-pyrrole nitrogens is 2. The van der Waals surface area contributed by atoms with Crippen LogP contribution in [0.3, 0.4) is 0 Å². The molecule has 0 aromatic carbocycles. The van der Waals surface area contributed by atoms with Gasteiger partial charge in [0, 0.05) is 5.56 Å². The van der Waals surface area contributed by atoms with Gasteiger partial charge in [0.1, 0.15) is 5.69 Å². The normalized spacial score (nSPS) is 11.7. The number of alkyl halides is 3. The third-order valence-corrected chi connectivity index (χ3v) is 1.67. The highest BCUT2D eigenvalue weighted by atomic mass is 32.1. The first-order chi connectivity index (χ1) is 5.82. The standard InChI is InChI=1S/C6H5F3N2OS/c1-2-3(6(7,8)9)10-5(13)11-4(2)12/h1H3,(H2,10,11,12,13). The van der Waals surface area contributed by atoms with E-state index < -0.39 is 23.0 Å². The van der Waals surface area contributed by atoms with E-state index in [-0.39, 0.29) is 4.77 Å². The Kier molecular flexibility index (Phi) is 2.29. The largest absolute Gasteiger partial charge is 0.431 e. The molecule has 13 heavy (non-hydrogen) atoms. The van der Waals surface area contributed by atoms with Crippen LogP contribution in [0.15, 0.2) is 4.79 Å². The minimum Gasteiger partial charge on any atom is -0.328 e. The highest BCUT2D eigenvalue weighted by Gasteiger charge is 2.34. The lowest BCUT2D eigenvalue weighted by molar-refractivity contribution is -0.141. The Balaban J connectivity index is 3.56. The van der Waals surface area contributed by atoms with E-state index in [1.807, 2.05) is 4.98 Å². The van der Waals surface area contributed by atoms with Gasteiger partial charge in [-0.1, -0.05) is 0 Å². The second kappa shape index (κ2) is 2.99. The molecule has 0 aliphatic rings. The molecule has 2 N–H and O–H groups in total. The van der Waals surface area contributed by atoms with Crippen LogP contribution in [0.4, 0.5) is 13.2 Å². The molecule has 1 aromatic rings. The average molecular weight is 210 g/mol. The lowest BCUT2D eigenvalue weighted by atomic mass is 10.2. The topological polar surface area (TPSA) is 48.6 Å². The van der Waals surface area contributed by atoms with Crippen LogP contribution in [0.25, 0.3) is 0 Å². The van der Waals surface area contributed by atoms with Crippen molar-refractivity contribution in [2.75, 3.05) is 0 Å². The van der Waals surface area contributed by atoms with E-state index in [2.05, 4.69) is 17.2 Å². The van der Waals surface area contributed by atoms with Crippen LogP contribution in [0, 0.1) is 11.7 Å². The second-order valence-electron chi connectivity index (χ2n) is 2.41. The van der Waals surface area contributed by atoms with Gasteiger partial charge in [-0.25, -0.2) is 0 Å². The van der Waals surface area contributed by atoms with Crippen molar-refractivity contribution in [1.82, 2.24) is 9.97 Å². The smallest absolute Gasteiger partial charge is 0.328 e. The summed E-state index contributed by atoms with van der Waals surface area (Å²) in [6, 6.07) is 0. The van der Waals surface area contributed by atoms with Crippen molar-refractivity contribution in [2.45, 2.75) is 13.1 Å². The molecular formula is C6H5F3N2OS. The maximum atomic E-state index is 12.2. The Morgan fingerprint density at radius 3 is 2.31 bits per heavy atom. The molecule has 0 unspecified atom stereocenters. The predicted octanol–water partition coefficient (Wildman–Crippen LogP) is 1.76. The lowest BCUT2D eigenvalue weighted by Gasteiger charge is -2.08. The summed E-state index contributed by atoms with van der Waals surface area (Å²) >= 11 is 4.40. The summed E-state index contributed by atoms with van der Waals surface area (Å²) in [5.74, 6) is 0. The number of aromatic nitrogens is 2. The van der Waals surface area contributed by atoms with Gasteiger partial charge in [-0.2, -0.15) is 13.2 Å². The van der Waals surface area contributed by atoms with Gasteiger partial charge in [0.25, 0.3) is 5.56 Å². The zero-order valence-corrected chi connectivity index (χ0v) is 7.27. The molecule has 0 spiro atoms. The van der Waals surface area contributed by atoms with Crippen LogP contribution in [0.2, 0.25) is 0 Å². The number of hydrogen-bond donors (Lipinski definition) is 2. The van der Waals surface area contributed by atoms with E-state index in [0.29, 0.717) is 0 Å². The van der Waals surface area contributed by atoms with Gasteiger partial charge in [0.2, 0.25) is 0 Å². The first kappa shape index (κ1) is 9.97. The molecular weight excluding hydrogens is 205 g/mol. The molecule has 1 rings (SSSR count). The fraction of sp³-hybridized carbons (Fsp3) is 0.333. The van der Waals surface area contributed by atoms with E-state index >= 15 is 0 Å². The van der Waals surface area contributed by atoms with E-state index in [1.54, 1.807) is 0 Å². The monoisotopic (exact) mass is 210 g/mol. The molecule has 0 saturated heterocycles. The van der Waals surface area contributed by atoms with Crippen LogP contribution in [-0.4, -0.2) is 9.97 Å². The van der Waals surface area contributed by atoms with Crippen molar-refractivity contribution in [3.05, 3.63) is 26.4 Å². The van der Waals surface area contributed by atoms with Gasteiger partial charge in [-0.3, -0.25) is 9.78 Å². The van der Waals surface area contributed by atoms with Crippen LogP contribution in [-0.2, 0) is 6.18 Å². The molecule has 1 aromatic heterocycles. The molecule has 0 atom stereocenters. The summed E-state index contributed by atoms with van der Waals surface area (Å²) in [6.07, 6.45) is -4.58. The number of aromatic amines is 2. The summed E-state index contributed by atoms with van der Waals surface area (Å²) in [4.78, 5) is 14.8. The highest BCUT2D eigenvalue weighted by Crippen LogP contribution is 2.28. The molecule has 72 valence electrons. The summed E-state index contributed by atoms with van der Waals surface area (Å²) in [6.45, 7) is 1.08. The summed E-state index contributed by atoms with van der Waals surface area (Å²) in [7, 11) is 0. The Bertz CT molecular complexity index is 431. The number of hydrogen-bond acceptors (Lipinski definition) is 2. The quantitative estimate of drug-likeness (QED) is 0.641. The minimum absolute atomic E-state index is 0.331. The Morgan fingerprint density at radius 2 is 1.85 bits per heavy atom. The van der Waals surface area contributed by atoms with Crippen LogP contribution < -0.4 is 5.56 Å². The van der Waals surface area contributed by atoms with Gasteiger partial charge in [-0.05, 0) is 19.1 Å². The SMILES string of the molecule is Cc1c(C(F)(F)F)[nH]c(=S)[nH]c1=O. The summed E-state index contributed by atoms with van der Waals surface area (Å²) < 4.78 is 36.2. The van der Waals surface area contributed by atoms with Crippen LogP contribution >= 0.6 is 12.2 Å². The highest BCUT2D eigenvalue weighted by molar-refractivity contribution is 7.71. The van der Waals surface area contributed by atoms with Crippen molar-refractivity contribution in [2.24, 2.45) is 0 Å². The van der Waals surface area contributed by atoms with Crippen LogP contribution in [0.5, 0.6) is 0 Å². The predicted molar refractivity (Wildman–Crippen MR) is 42.0 cm³/mol. The maximum absolute atomic E-state index is 12.2. The van der Waals surface area contributed by atoms with Gasteiger partial charge >= 0.3 is 6.18 Å². The third kappa shape index (κ3) is 1.97. The van der Waals surface area contributed by atoms with Crippen molar-refractivity contribution >= 4 is 12.2 Å². The molecule has 7 heteroatoms. The van der Waals surface area contributed by atoms with E-state index in [9.17, 15) is 18.0 Å². The molecule has 0 aliphatic heterocycles. The number of nitrogens with one attached hydrogen (secondary N) is 2. The number of halogens is 3. The van der Waals surface area contributed by atoms with Crippen molar-refractivity contribution in [3.8, 4) is 0 Å². The van der Waals surface area contributed by atoms with Gasteiger partial charge in [0.05, 0.1) is 0 Å². The van der Waals surface area contributed by atoms with Gasteiger partial charge in [-0.15, -0.1) is 0 Å². The van der Waals surface area contributed by atoms with E-state index in [4.69, 9.17) is 0 Å². The zero-order valence-electron chi connectivity index (χ0n) is 6.45.